The quantitative estimate of drug-likeness (QED) is 0.231. The van der Waals surface area contributed by atoms with Crippen LogP contribution >= 0.6 is 11.6 Å². The van der Waals surface area contributed by atoms with E-state index in [1.54, 1.807) is 37.4 Å². The maximum absolute atomic E-state index is 14.6. The first-order chi connectivity index (χ1) is 21.3. The van der Waals surface area contributed by atoms with Crippen molar-refractivity contribution in [1.82, 2.24) is 19.3 Å². The minimum atomic E-state index is -3.75. The van der Waals surface area contributed by atoms with E-state index in [-0.39, 0.29) is 56.1 Å². The molecule has 0 amide bonds. The molecular weight excluding hydrogens is 629 g/mol. The summed E-state index contributed by atoms with van der Waals surface area (Å²) in [6.07, 6.45) is 0.855. The van der Waals surface area contributed by atoms with E-state index in [9.17, 15) is 26.4 Å². The number of benzene rings is 4. The van der Waals surface area contributed by atoms with Crippen LogP contribution in [0, 0.1) is 17.5 Å². The Labute approximate surface area is 259 Å². The maximum atomic E-state index is 14.6. The Kier molecular flexibility index (Phi) is 7.63. The Balaban J connectivity index is 1.63. The van der Waals surface area contributed by atoms with Crippen LogP contribution in [0.5, 0.6) is 0 Å². The third-order valence-electron chi connectivity index (χ3n) is 7.23. The summed E-state index contributed by atoms with van der Waals surface area (Å²) in [4.78, 5) is 19.1. The molecule has 1 unspecified atom stereocenters. The lowest BCUT2D eigenvalue weighted by Crippen LogP contribution is -2.30. The Morgan fingerprint density at radius 3 is 2.40 bits per heavy atom. The summed E-state index contributed by atoms with van der Waals surface area (Å²) in [6, 6.07) is 15.8. The van der Waals surface area contributed by atoms with Crippen LogP contribution in [-0.2, 0) is 23.5 Å². The first-order valence-corrected chi connectivity index (χ1v) is 15.7. The number of hydrogen-bond donors (Lipinski definition) is 2. The molecule has 6 rings (SSSR count). The molecule has 0 fully saturated rings. The first-order valence-electron chi connectivity index (χ1n) is 13.5. The normalized spacial score (nSPS) is 12.6. The van der Waals surface area contributed by atoms with E-state index in [0.29, 0.717) is 11.1 Å². The molecule has 0 aliphatic carbocycles. The van der Waals surface area contributed by atoms with Crippen molar-refractivity contribution in [3.63, 3.8) is 0 Å². The fourth-order valence-corrected chi connectivity index (χ4v) is 6.14. The molecule has 6 aromatic rings. The lowest BCUT2D eigenvalue weighted by Gasteiger charge is -2.20. The Hall–Kier alpha value is -4.72. The summed E-state index contributed by atoms with van der Waals surface area (Å²) in [5.41, 5.74) is 7.78. The van der Waals surface area contributed by atoms with E-state index >= 15 is 0 Å². The van der Waals surface area contributed by atoms with Gasteiger partial charge in [0.05, 0.1) is 44.8 Å². The monoisotopic (exact) mass is 652 g/mol. The third-order valence-corrected chi connectivity index (χ3v) is 8.11. The van der Waals surface area contributed by atoms with E-state index < -0.39 is 39.1 Å². The summed E-state index contributed by atoms with van der Waals surface area (Å²) in [5.74, 6) is -2.09. The van der Waals surface area contributed by atoms with Gasteiger partial charge in [-0.2, -0.15) is 5.10 Å². The molecule has 230 valence electrons. The molecule has 14 heteroatoms. The van der Waals surface area contributed by atoms with Crippen LogP contribution < -0.4 is 16.0 Å². The van der Waals surface area contributed by atoms with Gasteiger partial charge in [-0.25, -0.2) is 26.6 Å². The molecular formula is C31H24ClF3N6O3S. The van der Waals surface area contributed by atoms with E-state index in [1.807, 2.05) is 0 Å². The zero-order chi connectivity index (χ0) is 32.2. The summed E-state index contributed by atoms with van der Waals surface area (Å²) in [5, 5.41) is 4.83. The molecule has 2 aromatic heterocycles. The van der Waals surface area contributed by atoms with Crippen molar-refractivity contribution >= 4 is 49.2 Å². The first kappa shape index (κ1) is 30.3. The molecule has 0 bridgehead atoms. The number of aromatic nitrogens is 4. The van der Waals surface area contributed by atoms with Gasteiger partial charge in [0, 0.05) is 18.7 Å². The van der Waals surface area contributed by atoms with Gasteiger partial charge in [0.15, 0.2) is 5.82 Å². The van der Waals surface area contributed by atoms with Gasteiger partial charge >= 0.3 is 0 Å². The molecule has 45 heavy (non-hydrogen) atoms. The summed E-state index contributed by atoms with van der Waals surface area (Å²) in [6.45, 7) is 0. The van der Waals surface area contributed by atoms with Crippen molar-refractivity contribution in [3.05, 3.63) is 117 Å². The molecule has 0 aliphatic rings. The number of aryl methyl sites for hydroxylation is 1. The molecule has 3 N–H and O–H groups in total. The van der Waals surface area contributed by atoms with E-state index in [4.69, 9.17) is 22.3 Å². The van der Waals surface area contributed by atoms with Crippen LogP contribution in [0.1, 0.15) is 17.4 Å². The number of halogens is 4. The second-order valence-electron chi connectivity index (χ2n) is 10.5. The molecule has 0 aliphatic heterocycles. The second kappa shape index (κ2) is 11.3. The van der Waals surface area contributed by atoms with Gasteiger partial charge in [-0.15, -0.1) is 0 Å². The van der Waals surface area contributed by atoms with Crippen LogP contribution in [-0.4, -0.2) is 34.0 Å². The average Bonchev–Trinajstić information content (AvgIpc) is 3.28. The van der Waals surface area contributed by atoms with E-state index in [0.717, 1.165) is 24.5 Å². The molecule has 0 radical (unpaired) electrons. The number of hydrogen-bond acceptors (Lipinski definition) is 6. The van der Waals surface area contributed by atoms with Gasteiger partial charge in [-0.3, -0.25) is 18.8 Å². The van der Waals surface area contributed by atoms with Gasteiger partial charge in [0.1, 0.15) is 23.3 Å². The van der Waals surface area contributed by atoms with Gasteiger partial charge < -0.3 is 5.73 Å². The molecule has 0 saturated carbocycles. The summed E-state index contributed by atoms with van der Waals surface area (Å²) < 4.78 is 71.9. The Morgan fingerprint density at radius 1 is 1.00 bits per heavy atom. The molecule has 4 aromatic carbocycles. The standard InChI is InChI=1S/C31H24ClF3N6O3S/c1-40-28-26(10-9-22(32)27(28)29(38-40)39-45(2,43)44)41-30(24(36)13-16-11-18(33)15-19(34)12-16)37-25-14-17(7-8-21(25)31(41)42)20-5-3-4-6-23(20)35/h3-12,14-15,24H,13,36H2,1-2H3,(H,38,39). The highest BCUT2D eigenvalue weighted by Crippen LogP contribution is 2.35. The zero-order valence-electron chi connectivity index (χ0n) is 23.7. The van der Waals surface area contributed by atoms with Gasteiger partial charge in [-0.05, 0) is 60.0 Å². The average molecular weight is 653 g/mol. The topological polar surface area (TPSA) is 125 Å². The van der Waals surface area contributed by atoms with Crippen LogP contribution in [0.2, 0.25) is 5.02 Å². The maximum Gasteiger partial charge on any atom is 0.266 e. The van der Waals surface area contributed by atoms with Crippen molar-refractivity contribution in [3.8, 4) is 16.8 Å². The lowest BCUT2D eigenvalue weighted by molar-refractivity contribution is 0.572. The van der Waals surface area contributed by atoms with Crippen LogP contribution in [0.25, 0.3) is 38.6 Å². The van der Waals surface area contributed by atoms with Crippen LogP contribution in [0.15, 0.2) is 77.6 Å². The fraction of sp³-hybridized carbons (Fsp3) is 0.129. The van der Waals surface area contributed by atoms with E-state index in [1.165, 1.54) is 33.5 Å². The molecule has 0 spiro atoms. The SMILES string of the molecule is Cn1nc(NS(C)(=O)=O)c2c(Cl)ccc(-n3c(C(N)Cc4cc(F)cc(F)c4)nc4cc(-c5ccccc5F)ccc4c3=O)c21. The van der Waals surface area contributed by atoms with Gasteiger partial charge in [0.25, 0.3) is 5.56 Å². The van der Waals surface area contributed by atoms with Crippen molar-refractivity contribution in [1.29, 1.82) is 0 Å². The third kappa shape index (κ3) is 5.77. The smallest absolute Gasteiger partial charge is 0.266 e. The second-order valence-corrected chi connectivity index (χ2v) is 12.7. The molecule has 0 saturated heterocycles. The van der Waals surface area contributed by atoms with Crippen molar-refractivity contribution in [2.75, 3.05) is 11.0 Å². The molecule has 9 nitrogen and oxygen atoms in total. The predicted octanol–water partition coefficient (Wildman–Crippen LogP) is 5.62. The molecule has 1 atom stereocenters. The summed E-state index contributed by atoms with van der Waals surface area (Å²) in [7, 11) is -2.21. The van der Waals surface area contributed by atoms with Crippen molar-refractivity contribution < 1.29 is 21.6 Å². The number of fused-ring (bicyclic) bond motifs is 2. The highest BCUT2D eigenvalue weighted by molar-refractivity contribution is 7.92. The predicted molar refractivity (Wildman–Crippen MR) is 167 cm³/mol. The summed E-state index contributed by atoms with van der Waals surface area (Å²) >= 11 is 6.51. The Morgan fingerprint density at radius 2 is 1.71 bits per heavy atom. The number of sulfonamides is 1. The zero-order valence-corrected chi connectivity index (χ0v) is 25.3. The van der Waals surface area contributed by atoms with E-state index in [2.05, 4.69) is 9.82 Å². The van der Waals surface area contributed by atoms with Crippen molar-refractivity contribution in [2.24, 2.45) is 12.8 Å². The van der Waals surface area contributed by atoms with Crippen molar-refractivity contribution in [2.45, 2.75) is 12.5 Å². The number of nitrogens with one attached hydrogen (secondary N) is 1. The largest absolute Gasteiger partial charge is 0.321 e. The number of anilines is 1. The minimum Gasteiger partial charge on any atom is -0.321 e. The number of rotatable bonds is 7. The van der Waals surface area contributed by atoms with Gasteiger partial charge in [-0.1, -0.05) is 35.9 Å². The van der Waals surface area contributed by atoms with Crippen LogP contribution in [0.4, 0.5) is 19.0 Å². The van der Waals surface area contributed by atoms with Gasteiger partial charge in [0.2, 0.25) is 10.0 Å². The Bertz CT molecular complexity index is 2300. The highest BCUT2D eigenvalue weighted by Gasteiger charge is 2.25. The molecule has 2 heterocycles. The fourth-order valence-electron chi connectivity index (χ4n) is 5.41. The minimum absolute atomic E-state index is 0.0188. The number of nitrogens with zero attached hydrogens (tertiary/aromatic N) is 4. The highest BCUT2D eigenvalue weighted by atomic mass is 35.5. The van der Waals surface area contributed by atoms with Crippen LogP contribution in [0.3, 0.4) is 0 Å². The lowest BCUT2D eigenvalue weighted by atomic mass is 10.0. The number of nitrogens with two attached hydrogens (primary N) is 1.